The lowest BCUT2D eigenvalue weighted by Gasteiger charge is -2.05. The van der Waals surface area contributed by atoms with Gasteiger partial charge in [0.1, 0.15) is 11.6 Å². The highest BCUT2D eigenvalue weighted by atomic mass is 32.2. The number of H-pyrrole nitrogens is 1. The Morgan fingerprint density at radius 1 is 1.38 bits per heavy atom. The summed E-state index contributed by atoms with van der Waals surface area (Å²) < 4.78 is 5.55. The number of ether oxygens (including phenoxy) is 1. The summed E-state index contributed by atoms with van der Waals surface area (Å²) in [5.41, 5.74) is 0.259. The first-order valence-electron chi connectivity index (χ1n) is 6.69. The van der Waals surface area contributed by atoms with E-state index in [0.717, 1.165) is 29.6 Å². The van der Waals surface area contributed by atoms with E-state index in [0.29, 0.717) is 12.4 Å². The first-order valence-corrected chi connectivity index (χ1v) is 7.68. The number of nitrogens with zero attached hydrogens (tertiary/aromatic N) is 2. The molecule has 1 aromatic carbocycles. The first kappa shape index (κ1) is 15.4. The van der Waals surface area contributed by atoms with E-state index in [9.17, 15) is 4.79 Å². The minimum Gasteiger partial charge on any atom is -0.494 e. The normalized spacial score (nSPS) is 10.5. The smallest absolute Gasteiger partial charge is 0.335 e. The maximum Gasteiger partial charge on any atom is 0.335 e. The van der Waals surface area contributed by atoms with Gasteiger partial charge in [-0.15, -0.1) is 5.10 Å². The molecule has 0 saturated carbocycles. The van der Waals surface area contributed by atoms with E-state index in [2.05, 4.69) is 15.2 Å². The third-order valence-corrected chi connectivity index (χ3v) is 3.67. The van der Waals surface area contributed by atoms with Crippen LogP contribution in [0.2, 0.25) is 0 Å². The number of aromatic nitrogens is 3. The van der Waals surface area contributed by atoms with Crippen molar-refractivity contribution < 1.29 is 14.6 Å². The molecule has 1 aromatic heterocycles. The molecule has 2 N–H and O–H groups in total. The molecular formula is C14H17N3O3S. The van der Waals surface area contributed by atoms with Crippen molar-refractivity contribution in [2.24, 2.45) is 0 Å². The van der Waals surface area contributed by atoms with Crippen LogP contribution < -0.4 is 4.74 Å². The van der Waals surface area contributed by atoms with Gasteiger partial charge in [-0.2, -0.15) is 0 Å². The summed E-state index contributed by atoms with van der Waals surface area (Å²) in [5, 5.41) is 16.5. The third-order valence-electron chi connectivity index (χ3n) is 2.74. The van der Waals surface area contributed by atoms with E-state index in [1.165, 1.54) is 12.1 Å². The van der Waals surface area contributed by atoms with Crippen LogP contribution in [0.3, 0.4) is 0 Å². The Balaban J connectivity index is 1.66. The van der Waals surface area contributed by atoms with Gasteiger partial charge in [-0.1, -0.05) is 18.7 Å². The Hall–Kier alpha value is -2.02. The first-order chi connectivity index (χ1) is 10.2. The predicted octanol–water partition coefficient (Wildman–Crippen LogP) is 2.63. The van der Waals surface area contributed by atoms with Crippen LogP contribution in [0.5, 0.6) is 5.75 Å². The van der Waals surface area contributed by atoms with E-state index in [1.54, 1.807) is 23.9 Å². The molecule has 2 aromatic rings. The fourth-order valence-electron chi connectivity index (χ4n) is 1.61. The lowest BCUT2D eigenvalue weighted by Crippen LogP contribution is -2.00. The molecule has 0 radical (unpaired) electrons. The Labute approximate surface area is 126 Å². The van der Waals surface area contributed by atoms with Crippen LogP contribution in [0, 0.1) is 0 Å². The van der Waals surface area contributed by atoms with Gasteiger partial charge in [0.25, 0.3) is 0 Å². The van der Waals surface area contributed by atoms with Crippen LogP contribution in [0.4, 0.5) is 0 Å². The predicted molar refractivity (Wildman–Crippen MR) is 80.0 cm³/mol. The van der Waals surface area contributed by atoms with Crippen molar-refractivity contribution in [3.63, 3.8) is 0 Å². The highest BCUT2D eigenvalue weighted by molar-refractivity contribution is 7.99. The van der Waals surface area contributed by atoms with Crippen LogP contribution in [-0.2, 0) is 6.42 Å². The van der Waals surface area contributed by atoms with Gasteiger partial charge < -0.3 is 9.84 Å². The van der Waals surface area contributed by atoms with Crippen molar-refractivity contribution in [2.75, 3.05) is 12.4 Å². The van der Waals surface area contributed by atoms with E-state index in [4.69, 9.17) is 9.84 Å². The molecule has 0 bridgehead atoms. The SMILES string of the molecule is CCc1nc(SCCCOc2ccc(C(=O)O)cc2)n[nH]1. The maximum atomic E-state index is 10.7. The summed E-state index contributed by atoms with van der Waals surface area (Å²) in [4.78, 5) is 15.0. The molecule has 0 atom stereocenters. The van der Waals surface area contributed by atoms with Gasteiger partial charge >= 0.3 is 5.97 Å². The molecule has 0 aliphatic rings. The van der Waals surface area contributed by atoms with Crippen molar-refractivity contribution in [3.05, 3.63) is 35.7 Å². The van der Waals surface area contributed by atoms with Crippen LogP contribution in [-0.4, -0.2) is 38.6 Å². The van der Waals surface area contributed by atoms with Gasteiger partial charge in [0.05, 0.1) is 12.2 Å². The molecule has 112 valence electrons. The fourth-order valence-corrected chi connectivity index (χ4v) is 2.34. The van der Waals surface area contributed by atoms with E-state index < -0.39 is 5.97 Å². The van der Waals surface area contributed by atoms with Crippen molar-refractivity contribution in [3.8, 4) is 5.75 Å². The number of hydrogen-bond donors (Lipinski definition) is 2. The second-order valence-corrected chi connectivity index (χ2v) is 5.36. The molecule has 21 heavy (non-hydrogen) atoms. The summed E-state index contributed by atoms with van der Waals surface area (Å²) in [6.45, 7) is 2.60. The number of hydrogen-bond acceptors (Lipinski definition) is 5. The third kappa shape index (κ3) is 4.78. The number of thioether (sulfide) groups is 1. The van der Waals surface area contributed by atoms with E-state index in [-0.39, 0.29) is 5.56 Å². The Kier molecular flexibility index (Phi) is 5.62. The van der Waals surface area contributed by atoms with Gasteiger partial charge in [-0.05, 0) is 30.7 Å². The van der Waals surface area contributed by atoms with E-state index in [1.807, 2.05) is 6.92 Å². The van der Waals surface area contributed by atoms with Gasteiger partial charge in [0.15, 0.2) is 0 Å². The average Bonchev–Trinajstić information content (AvgIpc) is 2.95. The molecule has 1 heterocycles. The molecule has 2 rings (SSSR count). The lowest BCUT2D eigenvalue weighted by molar-refractivity contribution is 0.0697. The maximum absolute atomic E-state index is 10.7. The molecule has 0 spiro atoms. The number of benzene rings is 1. The van der Waals surface area contributed by atoms with E-state index >= 15 is 0 Å². The van der Waals surface area contributed by atoms with Gasteiger partial charge in [0, 0.05) is 12.2 Å². The highest BCUT2D eigenvalue weighted by Crippen LogP contribution is 2.15. The molecule has 0 unspecified atom stereocenters. The minimum atomic E-state index is -0.934. The van der Waals surface area contributed by atoms with Crippen molar-refractivity contribution in [1.82, 2.24) is 15.2 Å². The number of aromatic carboxylic acids is 1. The summed E-state index contributed by atoms with van der Waals surface area (Å²) in [7, 11) is 0. The molecule has 7 heteroatoms. The monoisotopic (exact) mass is 307 g/mol. The topological polar surface area (TPSA) is 88.1 Å². The van der Waals surface area contributed by atoms with Crippen molar-refractivity contribution in [1.29, 1.82) is 0 Å². The second kappa shape index (κ2) is 7.68. The Morgan fingerprint density at radius 3 is 2.76 bits per heavy atom. The molecular weight excluding hydrogens is 290 g/mol. The second-order valence-electron chi connectivity index (χ2n) is 4.30. The van der Waals surface area contributed by atoms with Gasteiger partial charge in [0.2, 0.25) is 5.16 Å². The zero-order chi connectivity index (χ0) is 15.1. The van der Waals surface area contributed by atoms with Crippen LogP contribution in [0.15, 0.2) is 29.4 Å². The largest absolute Gasteiger partial charge is 0.494 e. The number of rotatable bonds is 8. The summed E-state index contributed by atoms with van der Waals surface area (Å²) in [6, 6.07) is 6.40. The number of aromatic amines is 1. The number of carbonyl (C=O) groups is 1. The lowest BCUT2D eigenvalue weighted by atomic mass is 10.2. The highest BCUT2D eigenvalue weighted by Gasteiger charge is 2.03. The molecule has 0 saturated heterocycles. The summed E-state index contributed by atoms with van der Waals surface area (Å²) in [6.07, 6.45) is 1.71. The van der Waals surface area contributed by atoms with Crippen molar-refractivity contribution >= 4 is 17.7 Å². The van der Waals surface area contributed by atoms with Gasteiger partial charge in [-0.25, -0.2) is 9.78 Å². The number of carboxylic acids is 1. The van der Waals surface area contributed by atoms with Crippen LogP contribution >= 0.6 is 11.8 Å². The summed E-state index contributed by atoms with van der Waals surface area (Å²) in [5.74, 6) is 1.51. The molecule has 6 nitrogen and oxygen atoms in total. The van der Waals surface area contributed by atoms with Crippen molar-refractivity contribution in [2.45, 2.75) is 24.9 Å². The minimum absolute atomic E-state index is 0.259. The quantitative estimate of drug-likeness (QED) is 0.576. The average molecular weight is 307 g/mol. The Bertz CT molecular complexity index is 583. The molecule has 0 fully saturated rings. The molecule has 0 aliphatic heterocycles. The molecule has 0 amide bonds. The summed E-state index contributed by atoms with van der Waals surface area (Å²) >= 11 is 1.59. The zero-order valence-corrected chi connectivity index (χ0v) is 12.5. The Morgan fingerprint density at radius 2 is 2.14 bits per heavy atom. The zero-order valence-electron chi connectivity index (χ0n) is 11.7. The number of nitrogens with one attached hydrogen (secondary N) is 1. The number of carboxylic acid groups (broad SMARTS) is 1. The van der Waals surface area contributed by atoms with Gasteiger partial charge in [-0.3, -0.25) is 5.10 Å². The van der Waals surface area contributed by atoms with Crippen LogP contribution in [0.25, 0.3) is 0 Å². The fraction of sp³-hybridized carbons (Fsp3) is 0.357. The standard InChI is InChI=1S/C14H17N3O3S/c1-2-12-15-14(17-16-12)21-9-3-8-20-11-6-4-10(5-7-11)13(18)19/h4-7H,2-3,8-9H2,1H3,(H,18,19)(H,15,16,17). The molecule has 0 aliphatic carbocycles. The van der Waals surface area contributed by atoms with Crippen LogP contribution in [0.1, 0.15) is 29.5 Å². The number of aryl methyl sites for hydroxylation is 1.